The largest absolute Gasteiger partial charge is 0.462 e. The van der Waals surface area contributed by atoms with Crippen molar-refractivity contribution in [1.29, 1.82) is 0 Å². The van der Waals surface area contributed by atoms with Crippen LogP contribution in [-0.4, -0.2) is 56.2 Å². The molecule has 1 heterocycles. The molecule has 0 radical (unpaired) electrons. The number of aryl methyl sites for hydroxylation is 1. The SMILES string of the molecule is CCOC(=O)c1ccc(C(=O)NCCNc2ccc(S(C)(=O)=O)cc2[N+](=O)[O-])nc1C. The minimum atomic E-state index is -3.58. The van der Waals surface area contributed by atoms with Crippen molar-refractivity contribution < 1.29 is 27.7 Å². The third-order valence-electron chi connectivity index (χ3n) is 4.13. The van der Waals surface area contributed by atoms with Crippen LogP contribution in [0, 0.1) is 17.0 Å². The fourth-order valence-corrected chi connectivity index (χ4v) is 3.26. The lowest BCUT2D eigenvalue weighted by atomic mass is 10.2. The number of anilines is 1. The molecule has 0 fully saturated rings. The van der Waals surface area contributed by atoms with Gasteiger partial charge >= 0.3 is 5.97 Å². The lowest BCUT2D eigenvalue weighted by molar-refractivity contribution is -0.384. The van der Waals surface area contributed by atoms with Gasteiger partial charge in [0.1, 0.15) is 11.4 Å². The van der Waals surface area contributed by atoms with E-state index in [2.05, 4.69) is 15.6 Å². The van der Waals surface area contributed by atoms with Crippen LogP contribution in [0.3, 0.4) is 0 Å². The fraction of sp³-hybridized carbons (Fsp3) is 0.316. The van der Waals surface area contributed by atoms with Crippen LogP contribution < -0.4 is 10.6 Å². The fourth-order valence-electron chi connectivity index (χ4n) is 2.62. The van der Waals surface area contributed by atoms with Gasteiger partial charge in [0, 0.05) is 25.4 Å². The Balaban J connectivity index is 1.98. The van der Waals surface area contributed by atoms with Crippen LogP contribution in [0.15, 0.2) is 35.2 Å². The highest BCUT2D eigenvalue weighted by Crippen LogP contribution is 2.27. The number of benzene rings is 1. The van der Waals surface area contributed by atoms with Crippen molar-refractivity contribution in [3.05, 3.63) is 57.4 Å². The van der Waals surface area contributed by atoms with Gasteiger partial charge < -0.3 is 15.4 Å². The number of hydrogen-bond donors (Lipinski definition) is 2. The number of rotatable bonds is 9. The van der Waals surface area contributed by atoms with Crippen LogP contribution in [0.1, 0.15) is 33.5 Å². The maximum Gasteiger partial charge on any atom is 0.339 e. The topological polar surface area (TPSA) is 158 Å². The lowest BCUT2D eigenvalue weighted by Crippen LogP contribution is -2.29. The molecule has 12 heteroatoms. The molecule has 2 aromatic rings. The quantitative estimate of drug-likeness (QED) is 0.251. The monoisotopic (exact) mass is 450 g/mol. The summed E-state index contributed by atoms with van der Waals surface area (Å²) >= 11 is 0. The molecule has 1 aromatic carbocycles. The summed E-state index contributed by atoms with van der Waals surface area (Å²) in [5.41, 5.74) is 0.463. The molecule has 0 aliphatic carbocycles. The highest BCUT2D eigenvalue weighted by Gasteiger charge is 2.19. The average molecular weight is 450 g/mol. The number of nitrogens with one attached hydrogen (secondary N) is 2. The van der Waals surface area contributed by atoms with Crippen LogP contribution in [0.2, 0.25) is 0 Å². The number of pyridine rings is 1. The first-order valence-electron chi connectivity index (χ1n) is 9.20. The van der Waals surface area contributed by atoms with Crippen molar-refractivity contribution in [3.8, 4) is 0 Å². The van der Waals surface area contributed by atoms with Crippen molar-refractivity contribution >= 4 is 33.1 Å². The van der Waals surface area contributed by atoms with Gasteiger partial charge in [-0.25, -0.2) is 18.2 Å². The molecule has 0 unspecified atom stereocenters. The van der Waals surface area contributed by atoms with Gasteiger partial charge in [-0.05, 0) is 38.1 Å². The molecule has 31 heavy (non-hydrogen) atoms. The van der Waals surface area contributed by atoms with Crippen LogP contribution in [0.4, 0.5) is 11.4 Å². The molecule has 0 bridgehead atoms. The van der Waals surface area contributed by atoms with Crippen molar-refractivity contribution in [2.24, 2.45) is 0 Å². The Morgan fingerprint density at radius 3 is 2.48 bits per heavy atom. The molecule has 2 N–H and O–H groups in total. The van der Waals surface area contributed by atoms with E-state index in [9.17, 15) is 28.1 Å². The first-order valence-corrected chi connectivity index (χ1v) is 11.1. The molecule has 166 valence electrons. The number of carbonyl (C=O) groups excluding carboxylic acids is 2. The maximum absolute atomic E-state index is 12.3. The Hall–Kier alpha value is -3.54. The maximum atomic E-state index is 12.3. The first-order chi connectivity index (χ1) is 14.5. The summed E-state index contributed by atoms with van der Waals surface area (Å²) in [6.07, 6.45) is 0.962. The van der Waals surface area contributed by atoms with E-state index in [1.54, 1.807) is 13.8 Å². The van der Waals surface area contributed by atoms with Crippen LogP contribution in [0.25, 0.3) is 0 Å². The van der Waals surface area contributed by atoms with E-state index in [0.717, 1.165) is 12.3 Å². The van der Waals surface area contributed by atoms with Gasteiger partial charge in [-0.3, -0.25) is 14.9 Å². The van der Waals surface area contributed by atoms with Crippen molar-refractivity contribution in [2.75, 3.05) is 31.3 Å². The van der Waals surface area contributed by atoms with Gasteiger partial charge in [-0.1, -0.05) is 0 Å². The average Bonchev–Trinajstić information content (AvgIpc) is 2.70. The number of sulfone groups is 1. The molecule has 0 aliphatic heterocycles. The second kappa shape index (κ2) is 9.98. The zero-order valence-corrected chi connectivity index (χ0v) is 18.0. The number of amides is 1. The smallest absolute Gasteiger partial charge is 0.339 e. The number of esters is 1. The van der Waals surface area contributed by atoms with Gasteiger partial charge in [0.05, 0.1) is 27.7 Å². The summed E-state index contributed by atoms with van der Waals surface area (Å²) < 4.78 is 28.1. The van der Waals surface area contributed by atoms with Crippen LogP contribution in [-0.2, 0) is 14.6 Å². The number of aromatic nitrogens is 1. The van der Waals surface area contributed by atoms with Gasteiger partial charge in [-0.2, -0.15) is 0 Å². The summed E-state index contributed by atoms with van der Waals surface area (Å²) in [4.78, 5) is 38.5. The molecule has 0 saturated heterocycles. The lowest BCUT2D eigenvalue weighted by Gasteiger charge is -2.10. The minimum absolute atomic E-state index is 0.106. The number of nitro benzene ring substituents is 1. The number of nitrogens with zero attached hydrogens (tertiary/aromatic N) is 2. The van der Waals surface area contributed by atoms with Gasteiger partial charge in [0.2, 0.25) is 0 Å². The van der Waals surface area contributed by atoms with E-state index in [1.807, 2.05) is 0 Å². The van der Waals surface area contributed by atoms with E-state index < -0.39 is 26.6 Å². The summed E-state index contributed by atoms with van der Waals surface area (Å²) in [7, 11) is -3.58. The van der Waals surface area contributed by atoms with Gasteiger partial charge in [0.25, 0.3) is 11.6 Å². The second-order valence-corrected chi connectivity index (χ2v) is 8.46. The minimum Gasteiger partial charge on any atom is -0.462 e. The molecule has 1 aromatic heterocycles. The van der Waals surface area contributed by atoms with E-state index in [1.165, 1.54) is 24.3 Å². The second-order valence-electron chi connectivity index (χ2n) is 6.44. The van der Waals surface area contributed by atoms with Crippen molar-refractivity contribution in [1.82, 2.24) is 10.3 Å². The zero-order chi connectivity index (χ0) is 23.2. The van der Waals surface area contributed by atoms with E-state index >= 15 is 0 Å². The Morgan fingerprint density at radius 2 is 1.90 bits per heavy atom. The molecule has 11 nitrogen and oxygen atoms in total. The Morgan fingerprint density at radius 1 is 1.19 bits per heavy atom. The molecule has 2 rings (SSSR count). The molecule has 1 amide bonds. The predicted octanol–water partition coefficient (Wildman–Crippen LogP) is 1.72. The Kier molecular flexibility index (Phi) is 7.64. The summed E-state index contributed by atoms with van der Waals surface area (Å²) in [6, 6.07) is 6.40. The van der Waals surface area contributed by atoms with Crippen molar-refractivity contribution in [2.45, 2.75) is 18.7 Å². The third-order valence-corrected chi connectivity index (χ3v) is 5.24. The summed E-state index contributed by atoms with van der Waals surface area (Å²) in [5.74, 6) is -1.01. The van der Waals surface area contributed by atoms with Crippen LogP contribution in [0.5, 0.6) is 0 Å². The molecule has 0 atom stereocenters. The van der Waals surface area contributed by atoms with E-state index in [-0.39, 0.29) is 47.2 Å². The third kappa shape index (κ3) is 6.22. The number of ether oxygens (including phenoxy) is 1. The standard InChI is InChI=1S/C19H22N4O7S/c1-4-30-19(25)14-6-8-16(22-12(14)2)18(24)21-10-9-20-15-7-5-13(31(3,28)29)11-17(15)23(26)27/h5-8,11,20H,4,9-10H2,1-3H3,(H,21,24). The number of carbonyl (C=O) groups is 2. The normalized spacial score (nSPS) is 10.9. The highest BCUT2D eigenvalue weighted by atomic mass is 32.2. The van der Waals surface area contributed by atoms with Crippen LogP contribution >= 0.6 is 0 Å². The highest BCUT2D eigenvalue weighted by molar-refractivity contribution is 7.90. The Bertz CT molecular complexity index is 1120. The van der Waals surface area contributed by atoms with Crippen molar-refractivity contribution in [3.63, 3.8) is 0 Å². The van der Waals surface area contributed by atoms with E-state index in [4.69, 9.17) is 4.74 Å². The zero-order valence-electron chi connectivity index (χ0n) is 17.2. The molecular formula is C19H22N4O7S. The Labute approximate surface area is 178 Å². The molecule has 0 spiro atoms. The number of nitro groups is 1. The molecule has 0 aliphatic rings. The van der Waals surface area contributed by atoms with E-state index in [0.29, 0.717) is 5.69 Å². The number of hydrogen-bond acceptors (Lipinski definition) is 9. The first kappa shape index (κ1) is 23.7. The van der Waals surface area contributed by atoms with Gasteiger partial charge in [0.15, 0.2) is 9.84 Å². The predicted molar refractivity (Wildman–Crippen MR) is 112 cm³/mol. The molecular weight excluding hydrogens is 428 g/mol. The summed E-state index contributed by atoms with van der Waals surface area (Å²) in [5, 5.41) is 16.6. The molecule has 0 saturated carbocycles. The summed E-state index contributed by atoms with van der Waals surface area (Å²) in [6.45, 7) is 3.76. The van der Waals surface area contributed by atoms with Gasteiger partial charge in [-0.15, -0.1) is 0 Å².